The number of nitrogens with zero attached hydrogens (tertiary/aromatic N) is 3. The van der Waals surface area contributed by atoms with E-state index in [0.717, 1.165) is 0 Å². The highest BCUT2D eigenvalue weighted by molar-refractivity contribution is 7.92. The molecule has 0 aliphatic carbocycles. The van der Waals surface area contributed by atoms with Gasteiger partial charge in [-0.05, 0) is 30.3 Å². The predicted molar refractivity (Wildman–Crippen MR) is 123 cm³/mol. The van der Waals surface area contributed by atoms with Gasteiger partial charge in [0.2, 0.25) is 9.84 Å². The van der Waals surface area contributed by atoms with Crippen LogP contribution in [0.4, 0.5) is 0 Å². The van der Waals surface area contributed by atoms with E-state index < -0.39 is 14.5 Å². The Morgan fingerprint density at radius 1 is 0.806 bits per heavy atom. The van der Waals surface area contributed by atoms with Crippen LogP contribution in [0.5, 0.6) is 0 Å². The molecule has 156 valence electrons. The summed E-state index contributed by atoms with van der Waals surface area (Å²) in [7, 11) is -3.96. The molecule has 9 heteroatoms. The van der Waals surface area contributed by atoms with Crippen molar-refractivity contribution in [3.8, 4) is 22.6 Å². The minimum Gasteiger partial charge on any atom is -0.226 e. The lowest BCUT2D eigenvalue weighted by atomic mass is 10.1. The Bertz CT molecular complexity index is 1330. The van der Waals surface area contributed by atoms with Crippen LogP contribution in [-0.2, 0) is 9.84 Å². The van der Waals surface area contributed by atoms with E-state index in [-0.39, 0.29) is 22.1 Å². The molecular weight excluding hydrogens is 477 g/mol. The van der Waals surface area contributed by atoms with Crippen molar-refractivity contribution in [1.29, 1.82) is 0 Å². The van der Waals surface area contributed by atoms with Gasteiger partial charge in [0.05, 0.1) is 9.92 Å². The number of alkyl halides is 1. The maximum absolute atomic E-state index is 13.2. The van der Waals surface area contributed by atoms with E-state index in [1.165, 1.54) is 12.1 Å². The Hall–Kier alpha value is -2.51. The lowest BCUT2D eigenvalue weighted by molar-refractivity contribution is 0.593. The van der Waals surface area contributed by atoms with E-state index in [2.05, 4.69) is 15.2 Å². The summed E-state index contributed by atoms with van der Waals surface area (Å²) < 4.78 is 24.9. The van der Waals surface area contributed by atoms with Crippen molar-refractivity contribution in [2.75, 3.05) is 0 Å². The van der Waals surface area contributed by atoms with Crippen LogP contribution in [0.1, 0.15) is 10.4 Å². The fraction of sp³-hybridized carbons (Fsp3) is 0.0455. The molecule has 31 heavy (non-hydrogen) atoms. The summed E-state index contributed by atoms with van der Waals surface area (Å²) in [4.78, 5) is 4.57. The maximum Gasteiger partial charge on any atom is 0.201 e. The number of rotatable bonds is 5. The Kier molecular flexibility index (Phi) is 6.25. The molecule has 1 heterocycles. The molecule has 0 aliphatic rings. The standard InChI is InChI=1S/C22H14Cl3N3O2S/c23-15-11-12-17(18(24)13-15)22-26-20(19(27-28-22)14-7-3-1-4-8-14)21(25)31(29,30)16-9-5-2-6-10-16/h1-13,21H. The van der Waals surface area contributed by atoms with Crippen molar-refractivity contribution in [3.63, 3.8) is 0 Å². The first-order valence-electron chi connectivity index (χ1n) is 9.06. The highest BCUT2D eigenvalue weighted by atomic mass is 35.5. The Morgan fingerprint density at radius 2 is 1.45 bits per heavy atom. The molecule has 1 unspecified atom stereocenters. The fourth-order valence-corrected chi connectivity index (χ4v) is 5.15. The molecule has 4 aromatic rings. The fourth-order valence-electron chi connectivity index (χ4n) is 2.96. The van der Waals surface area contributed by atoms with Gasteiger partial charge < -0.3 is 0 Å². The molecule has 0 N–H and O–H groups in total. The normalized spacial score (nSPS) is 12.5. The first-order chi connectivity index (χ1) is 14.9. The Morgan fingerprint density at radius 3 is 2.10 bits per heavy atom. The summed E-state index contributed by atoms with van der Waals surface area (Å²) in [6, 6.07) is 21.8. The second kappa shape index (κ2) is 8.93. The number of sulfone groups is 1. The van der Waals surface area contributed by atoms with Crippen molar-refractivity contribution in [1.82, 2.24) is 15.2 Å². The van der Waals surface area contributed by atoms with Gasteiger partial charge in [-0.25, -0.2) is 13.4 Å². The second-order valence-electron chi connectivity index (χ2n) is 6.53. The summed E-state index contributed by atoms with van der Waals surface area (Å²) in [6.07, 6.45) is 0. The van der Waals surface area contributed by atoms with Crippen LogP contribution in [0.3, 0.4) is 0 Å². The Balaban J connectivity index is 1.91. The quantitative estimate of drug-likeness (QED) is 0.310. The van der Waals surface area contributed by atoms with E-state index in [1.54, 1.807) is 60.7 Å². The molecule has 0 saturated carbocycles. The summed E-state index contributed by atoms with van der Waals surface area (Å²) in [5.74, 6) is 0.144. The molecule has 1 aromatic heterocycles. The van der Waals surface area contributed by atoms with Gasteiger partial charge in [0.25, 0.3) is 0 Å². The molecule has 0 fully saturated rings. The minimum absolute atomic E-state index is 0.0627. The zero-order chi connectivity index (χ0) is 22.0. The monoisotopic (exact) mass is 489 g/mol. The van der Waals surface area contributed by atoms with Crippen LogP contribution in [0.25, 0.3) is 22.6 Å². The number of hydrogen-bond donors (Lipinski definition) is 0. The first-order valence-corrected chi connectivity index (χ1v) is 11.8. The number of benzene rings is 3. The smallest absolute Gasteiger partial charge is 0.201 e. The molecular formula is C22H14Cl3N3O2S. The first kappa shape index (κ1) is 21.7. The molecule has 0 radical (unpaired) electrons. The average Bonchev–Trinajstić information content (AvgIpc) is 2.79. The van der Waals surface area contributed by atoms with Crippen molar-refractivity contribution in [3.05, 3.63) is 94.6 Å². The van der Waals surface area contributed by atoms with Crippen molar-refractivity contribution >= 4 is 44.6 Å². The summed E-state index contributed by atoms with van der Waals surface area (Å²) in [6.45, 7) is 0. The number of hydrogen-bond acceptors (Lipinski definition) is 5. The van der Waals surface area contributed by atoms with Gasteiger partial charge in [-0.1, -0.05) is 83.3 Å². The van der Waals surface area contributed by atoms with Gasteiger partial charge in [0.1, 0.15) is 11.4 Å². The third-order valence-electron chi connectivity index (χ3n) is 4.49. The lowest BCUT2D eigenvalue weighted by Crippen LogP contribution is -2.13. The SMILES string of the molecule is O=S(=O)(c1ccccc1)C(Cl)c1nc(-c2ccc(Cl)cc2Cl)nnc1-c1ccccc1. The summed E-state index contributed by atoms with van der Waals surface area (Å²) in [5.41, 5.74) is 1.43. The van der Waals surface area contributed by atoms with Gasteiger partial charge in [0.15, 0.2) is 10.5 Å². The topological polar surface area (TPSA) is 72.8 Å². The molecule has 4 rings (SSSR count). The predicted octanol–water partition coefficient (Wildman–Crippen LogP) is 6.22. The van der Waals surface area contributed by atoms with E-state index in [4.69, 9.17) is 34.8 Å². The summed E-state index contributed by atoms with van der Waals surface area (Å²) in [5, 5.41) is 9.19. The molecule has 0 spiro atoms. The molecule has 0 saturated heterocycles. The van der Waals surface area contributed by atoms with E-state index in [1.807, 2.05) is 6.07 Å². The van der Waals surface area contributed by atoms with Gasteiger partial charge in [-0.3, -0.25) is 0 Å². The third kappa shape index (κ3) is 4.43. The molecule has 5 nitrogen and oxygen atoms in total. The van der Waals surface area contributed by atoms with Gasteiger partial charge >= 0.3 is 0 Å². The minimum atomic E-state index is -3.96. The van der Waals surface area contributed by atoms with Crippen molar-refractivity contribution in [2.24, 2.45) is 0 Å². The zero-order valence-electron chi connectivity index (χ0n) is 15.8. The summed E-state index contributed by atoms with van der Waals surface area (Å²) >= 11 is 18.8. The molecule has 0 amide bonds. The zero-order valence-corrected chi connectivity index (χ0v) is 18.9. The van der Waals surface area contributed by atoms with Gasteiger partial charge in [-0.2, -0.15) is 0 Å². The average molecular weight is 491 g/mol. The van der Waals surface area contributed by atoms with Gasteiger partial charge in [-0.15, -0.1) is 10.2 Å². The highest BCUT2D eigenvalue weighted by Crippen LogP contribution is 2.37. The molecule has 3 aromatic carbocycles. The highest BCUT2D eigenvalue weighted by Gasteiger charge is 2.32. The maximum atomic E-state index is 13.2. The lowest BCUT2D eigenvalue weighted by Gasteiger charge is -2.15. The van der Waals surface area contributed by atoms with Crippen LogP contribution in [0.2, 0.25) is 10.0 Å². The van der Waals surface area contributed by atoms with Crippen LogP contribution < -0.4 is 0 Å². The van der Waals surface area contributed by atoms with E-state index in [9.17, 15) is 8.42 Å². The second-order valence-corrected chi connectivity index (χ2v) is 10.1. The van der Waals surface area contributed by atoms with Crippen LogP contribution in [-0.4, -0.2) is 23.6 Å². The largest absolute Gasteiger partial charge is 0.226 e. The van der Waals surface area contributed by atoms with Crippen molar-refractivity contribution in [2.45, 2.75) is 9.60 Å². The van der Waals surface area contributed by atoms with Crippen LogP contribution >= 0.6 is 34.8 Å². The molecule has 0 aliphatic heterocycles. The molecule has 1 atom stereocenters. The van der Waals surface area contributed by atoms with E-state index >= 15 is 0 Å². The third-order valence-corrected chi connectivity index (χ3v) is 7.65. The van der Waals surface area contributed by atoms with Crippen molar-refractivity contribution < 1.29 is 8.42 Å². The van der Waals surface area contributed by atoms with Crippen LogP contribution in [0, 0.1) is 0 Å². The number of halogens is 3. The molecule has 0 bridgehead atoms. The number of aromatic nitrogens is 3. The van der Waals surface area contributed by atoms with E-state index in [0.29, 0.717) is 21.2 Å². The Labute approximate surface area is 194 Å². The van der Waals surface area contributed by atoms with Gasteiger partial charge in [0, 0.05) is 16.1 Å². The van der Waals surface area contributed by atoms with Crippen LogP contribution in [0.15, 0.2) is 83.8 Å².